The van der Waals surface area contributed by atoms with E-state index in [0.29, 0.717) is 0 Å². The van der Waals surface area contributed by atoms with Crippen LogP contribution in [0, 0.1) is 0 Å². The van der Waals surface area contributed by atoms with E-state index in [1.807, 2.05) is 12.1 Å². The number of rotatable bonds is 6. The van der Waals surface area contributed by atoms with Gasteiger partial charge in [-0.25, -0.2) is 0 Å². The molecule has 0 amide bonds. The summed E-state index contributed by atoms with van der Waals surface area (Å²) >= 11 is 0. The number of aromatic nitrogens is 1. The van der Waals surface area contributed by atoms with Crippen molar-refractivity contribution in [3.8, 4) is 39.1 Å². The standard InChI is InChI=1S/C57H40N2O/c1-57(2)49-22-10-6-20-48(49)56-47(21-14-23-50(56)57)43-18-8-11-24-51(43)58(40-30-27-37(28-31-40)38-29-33-46-45-19-9-13-26-54(45)60-55(46)35-38)41-32-34-44-42-17-7-12-25-52(42)59(53(44)36-41)39-15-4-3-5-16-39/h3-36H,1-2H3. The Bertz CT molecular complexity index is 3460. The second-order valence-electron chi connectivity index (χ2n) is 16.5. The molecule has 0 radical (unpaired) electrons. The molecule has 284 valence electrons. The van der Waals surface area contributed by atoms with E-state index in [-0.39, 0.29) is 5.41 Å². The summed E-state index contributed by atoms with van der Waals surface area (Å²) in [5.74, 6) is 0. The summed E-state index contributed by atoms with van der Waals surface area (Å²) in [5.41, 5.74) is 18.5. The molecule has 0 unspecified atom stereocenters. The minimum absolute atomic E-state index is 0.104. The molecule has 1 aliphatic rings. The first-order chi connectivity index (χ1) is 29.5. The van der Waals surface area contributed by atoms with Crippen molar-refractivity contribution >= 4 is 60.8 Å². The van der Waals surface area contributed by atoms with E-state index in [9.17, 15) is 0 Å². The lowest BCUT2D eigenvalue weighted by Gasteiger charge is -2.29. The van der Waals surface area contributed by atoms with Gasteiger partial charge in [-0.2, -0.15) is 0 Å². The zero-order chi connectivity index (χ0) is 40.0. The summed E-state index contributed by atoms with van der Waals surface area (Å²) < 4.78 is 8.70. The van der Waals surface area contributed by atoms with Gasteiger partial charge in [0.1, 0.15) is 11.2 Å². The molecule has 0 saturated heterocycles. The third-order valence-corrected chi connectivity index (χ3v) is 12.8. The number of fused-ring (bicyclic) bond motifs is 9. The Morgan fingerprint density at radius 1 is 0.417 bits per heavy atom. The van der Waals surface area contributed by atoms with Crippen molar-refractivity contribution < 1.29 is 4.42 Å². The predicted octanol–water partition coefficient (Wildman–Crippen LogP) is 15.8. The van der Waals surface area contributed by atoms with Gasteiger partial charge in [0.25, 0.3) is 0 Å². The summed E-state index contributed by atoms with van der Waals surface area (Å²) in [6, 6.07) is 75.0. The van der Waals surface area contributed by atoms with Crippen LogP contribution in [0.3, 0.4) is 0 Å². The molecule has 0 N–H and O–H groups in total. The Labute approximate surface area is 349 Å². The van der Waals surface area contributed by atoms with Crippen LogP contribution in [0.5, 0.6) is 0 Å². The first kappa shape index (κ1) is 34.4. The monoisotopic (exact) mass is 768 g/mol. The largest absolute Gasteiger partial charge is 0.456 e. The first-order valence-corrected chi connectivity index (χ1v) is 20.8. The first-order valence-electron chi connectivity index (χ1n) is 20.8. The van der Waals surface area contributed by atoms with Crippen LogP contribution in [0.1, 0.15) is 25.0 Å². The minimum Gasteiger partial charge on any atom is -0.456 e. The number of benzene rings is 9. The molecule has 12 rings (SSSR count). The minimum atomic E-state index is -0.104. The van der Waals surface area contributed by atoms with Gasteiger partial charge in [-0.3, -0.25) is 0 Å². The molecule has 3 nitrogen and oxygen atoms in total. The Morgan fingerprint density at radius 2 is 1.03 bits per heavy atom. The third kappa shape index (κ3) is 5.15. The van der Waals surface area contributed by atoms with Crippen molar-refractivity contribution in [3.05, 3.63) is 217 Å². The molecule has 0 bridgehead atoms. The fourth-order valence-electron chi connectivity index (χ4n) is 9.96. The average molecular weight is 769 g/mol. The Morgan fingerprint density at radius 3 is 1.90 bits per heavy atom. The summed E-state index contributed by atoms with van der Waals surface area (Å²) in [6.07, 6.45) is 0. The van der Waals surface area contributed by atoms with Crippen molar-refractivity contribution in [3.63, 3.8) is 0 Å². The topological polar surface area (TPSA) is 21.3 Å². The van der Waals surface area contributed by atoms with Gasteiger partial charge in [0, 0.05) is 49.6 Å². The normalized spacial score (nSPS) is 13.0. The lowest BCUT2D eigenvalue weighted by Crippen LogP contribution is -2.15. The van der Waals surface area contributed by atoms with Gasteiger partial charge < -0.3 is 13.9 Å². The highest BCUT2D eigenvalue weighted by molar-refractivity contribution is 6.11. The van der Waals surface area contributed by atoms with Crippen LogP contribution in [0.4, 0.5) is 17.1 Å². The molecule has 9 aromatic carbocycles. The fourth-order valence-corrected chi connectivity index (χ4v) is 9.96. The van der Waals surface area contributed by atoms with Crippen LogP contribution >= 0.6 is 0 Å². The molecule has 1 aliphatic carbocycles. The lowest BCUT2D eigenvalue weighted by atomic mass is 9.82. The summed E-state index contributed by atoms with van der Waals surface area (Å²) in [5, 5.41) is 4.74. The van der Waals surface area contributed by atoms with Crippen LogP contribution in [0.2, 0.25) is 0 Å². The molecule has 0 saturated carbocycles. The van der Waals surface area contributed by atoms with E-state index in [0.717, 1.165) is 61.3 Å². The SMILES string of the molecule is CC1(C)c2ccccc2-c2c(-c3ccccc3N(c3ccc(-c4ccc5c(c4)oc4ccccc45)cc3)c3ccc4c5ccccc5n(-c5ccccc5)c4c3)cccc21. The molecule has 60 heavy (non-hydrogen) atoms. The number of anilines is 3. The van der Waals surface area contributed by atoms with E-state index >= 15 is 0 Å². The maximum Gasteiger partial charge on any atom is 0.136 e. The molecule has 11 aromatic rings. The van der Waals surface area contributed by atoms with Crippen LogP contribution in [-0.4, -0.2) is 4.57 Å². The number of nitrogens with zero attached hydrogens (tertiary/aromatic N) is 2. The Balaban J connectivity index is 1.07. The molecule has 0 aliphatic heterocycles. The van der Waals surface area contributed by atoms with E-state index in [4.69, 9.17) is 4.42 Å². The van der Waals surface area contributed by atoms with Crippen molar-refractivity contribution in [2.45, 2.75) is 19.3 Å². The van der Waals surface area contributed by atoms with Crippen LogP contribution in [0.15, 0.2) is 211 Å². The lowest BCUT2D eigenvalue weighted by molar-refractivity contribution is 0.660. The molecule has 2 aromatic heterocycles. The van der Waals surface area contributed by atoms with Crippen molar-refractivity contribution in [2.75, 3.05) is 4.90 Å². The van der Waals surface area contributed by atoms with E-state index in [1.54, 1.807) is 0 Å². The highest BCUT2D eigenvalue weighted by atomic mass is 16.3. The average Bonchev–Trinajstić information content (AvgIpc) is 3.92. The quantitative estimate of drug-likeness (QED) is 0.168. The highest BCUT2D eigenvalue weighted by Crippen LogP contribution is 2.54. The van der Waals surface area contributed by atoms with E-state index in [2.05, 4.69) is 217 Å². The van der Waals surface area contributed by atoms with Crippen molar-refractivity contribution in [1.29, 1.82) is 0 Å². The maximum atomic E-state index is 6.30. The summed E-state index contributed by atoms with van der Waals surface area (Å²) in [6.45, 7) is 4.71. The van der Waals surface area contributed by atoms with Gasteiger partial charge in [-0.15, -0.1) is 0 Å². The second-order valence-corrected chi connectivity index (χ2v) is 16.5. The maximum absolute atomic E-state index is 6.30. The summed E-state index contributed by atoms with van der Waals surface area (Å²) in [4.78, 5) is 2.44. The zero-order valence-corrected chi connectivity index (χ0v) is 33.4. The number of furan rings is 1. The van der Waals surface area contributed by atoms with Crippen LogP contribution in [0.25, 0.3) is 82.8 Å². The molecule has 0 spiro atoms. The van der Waals surface area contributed by atoms with E-state index in [1.165, 1.54) is 49.7 Å². The second kappa shape index (κ2) is 13.2. The van der Waals surface area contributed by atoms with Gasteiger partial charge in [-0.05, 0) is 106 Å². The highest BCUT2D eigenvalue weighted by Gasteiger charge is 2.37. The fraction of sp³-hybridized carbons (Fsp3) is 0.0526. The van der Waals surface area contributed by atoms with Gasteiger partial charge >= 0.3 is 0 Å². The zero-order valence-electron chi connectivity index (χ0n) is 33.4. The van der Waals surface area contributed by atoms with Gasteiger partial charge in [0.05, 0.1) is 16.7 Å². The Hall–Kier alpha value is -7.62. The smallest absolute Gasteiger partial charge is 0.136 e. The number of para-hydroxylation sites is 4. The third-order valence-electron chi connectivity index (χ3n) is 12.8. The molecular formula is C57H40N2O. The molecule has 2 heterocycles. The van der Waals surface area contributed by atoms with Gasteiger partial charge in [-0.1, -0.05) is 153 Å². The summed E-state index contributed by atoms with van der Waals surface area (Å²) in [7, 11) is 0. The Kier molecular flexibility index (Phi) is 7.58. The number of hydrogen-bond donors (Lipinski definition) is 0. The van der Waals surface area contributed by atoms with Gasteiger partial charge in [0.2, 0.25) is 0 Å². The molecule has 0 atom stereocenters. The molecular weight excluding hydrogens is 729 g/mol. The predicted molar refractivity (Wildman–Crippen MR) is 251 cm³/mol. The van der Waals surface area contributed by atoms with Crippen molar-refractivity contribution in [2.24, 2.45) is 0 Å². The molecule has 3 heteroatoms. The van der Waals surface area contributed by atoms with Gasteiger partial charge in [0.15, 0.2) is 0 Å². The number of hydrogen-bond acceptors (Lipinski definition) is 2. The van der Waals surface area contributed by atoms with Crippen molar-refractivity contribution in [1.82, 2.24) is 4.57 Å². The molecule has 0 fully saturated rings. The van der Waals surface area contributed by atoms with Crippen LogP contribution < -0.4 is 4.90 Å². The van der Waals surface area contributed by atoms with Crippen LogP contribution in [-0.2, 0) is 5.41 Å². The van der Waals surface area contributed by atoms with E-state index < -0.39 is 0 Å².